The Balaban J connectivity index is 1.31. The largest absolute Gasteiger partial charge is 0.490 e. The zero-order valence-corrected chi connectivity index (χ0v) is 26.1. The van der Waals surface area contributed by atoms with E-state index >= 15 is 0 Å². The van der Waals surface area contributed by atoms with Gasteiger partial charge in [0.1, 0.15) is 6.61 Å². The van der Waals surface area contributed by atoms with Gasteiger partial charge in [0.15, 0.2) is 16.3 Å². The first-order valence-electron chi connectivity index (χ1n) is 14.8. The van der Waals surface area contributed by atoms with Crippen LogP contribution in [-0.4, -0.2) is 11.2 Å². The first-order chi connectivity index (χ1) is 22.1. The van der Waals surface area contributed by atoms with Gasteiger partial charge < -0.3 is 9.47 Å². The molecule has 1 aliphatic heterocycles. The van der Waals surface area contributed by atoms with Gasteiger partial charge in [0.2, 0.25) is 0 Å². The molecule has 8 heteroatoms. The molecule has 5 aromatic rings. The van der Waals surface area contributed by atoms with E-state index < -0.39 is 0 Å². The molecule has 1 aliphatic carbocycles. The predicted octanol–water partition coefficient (Wildman–Crippen LogP) is 6.82. The lowest BCUT2D eigenvalue weighted by molar-refractivity contribution is 0.269. The molecule has 2 aliphatic rings. The Bertz CT molecular complexity index is 2210. The SMILES string of the molecule is CCOc1cc(/C=c2\sc3n(c2=O)[C@@H](c2ccccc2Cl)C2=C(N=3)c3ccccc3CC2)ccc1OCc1ccccc1C#N. The van der Waals surface area contributed by atoms with Crippen LogP contribution < -0.4 is 24.4 Å². The smallest absolute Gasteiger partial charge is 0.271 e. The number of rotatable bonds is 7. The number of nitriles is 1. The van der Waals surface area contributed by atoms with Gasteiger partial charge in [0, 0.05) is 16.1 Å². The van der Waals surface area contributed by atoms with Gasteiger partial charge >= 0.3 is 0 Å². The maximum Gasteiger partial charge on any atom is 0.271 e. The molecule has 1 aromatic heterocycles. The van der Waals surface area contributed by atoms with Crippen LogP contribution in [0.5, 0.6) is 11.5 Å². The Morgan fingerprint density at radius 3 is 2.64 bits per heavy atom. The summed E-state index contributed by atoms with van der Waals surface area (Å²) in [5.41, 5.74) is 7.38. The third-order valence-electron chi connectivity index (χ3n) is 8.16. The zero-order valence-electron chi connectivity index (χ0n) is 24.5. The molecule has 0 amide bonds. The fraction of sp³-hybridized carbons (Fsp3) is 0.162. The number of thiazole rings is 1. The molecule has 2 heterocycles. The number of ether oxygens (including phenoxy) is 2. The average molecular weight is 630 g/mol. The van der Waals surface area contributed by atoms with E-state index in [9.17, 15) is 10.1 Å². The second kappa shape index (κ2) is 12.2. The van der Waals surface area contributed by atoms with E-state index in [1.165, 1.54) is 16.9 Å². The number of allylic oxidation sites excluding steroid dienone is 1. The van der Waals surface area contributed by atoms with Crippen LogP contribution in [0.25, 0.3) is 11.8 Å². The molecule has 0 saturated heterocycles. The van der Waals surface area contributed by atoms with E-state index in [2.05, 4.69) is 24.3 Å². The summed E-state index contributed by atoms with van der Waals surface area (Å²) in [4.78, 5) is 19.9. The Hall–Kier alpha value is -4.90. The number of fused-ring (bicyclic) bond motifs is 3. The molecule has 0 bridgehead atoms. The maximum absolute atomic E-state index is 14.2. The van der Waals surface area contributed by atoms with Crippen LogP contribution in [0.1, 0.15) is 52.8 Å². The number of benzene rings is 4. The van der Waals surface area contributed by atoms with Gasteiger partial charge in [0.25, 0.3) is 5.56 Å². The Morgan fingerprint density at radius 1 is 1.00 bits per heavy atom. The molecular weight excluding hydrogens is 602 g/mol. The van der Waals surface area contributed by atoms with Crippen molar-refractivity contribution in [2.24, 2.45) is 4.99 Å². The van der Waals surface area contributed by atoms with E-state index in [1.54, 1.807) is 10.6 Å². The Kier molecular flexibility index (Phi) is 7.85. The second-order valence-electron chi connectivity index (χ2n) is 10.8. The van der Waals surface area contributed by atoms with Gasteiger partial charge in [-0.05, 0) is 72.4 Å². The van der Waals surface area contributed by atoms with Gasteiger partial charge in [0.05, 0.1) is 34.5 Å². The van der Waals surface area contributed by atoms with Crippen LogP contribution in [0.4, 0.5) is 0 Å². The number of halogens is 1. The lowest BCUT2D eigenvalue weighted by Crippen LogP contribution is -2.38. The van der Waals surface area contributed by atoms with Crippen molar-refractivity contribution in [3.63, 3.8) is 0 Å². The van der Waals surface area contributed by atoms with E-state index in [1.807, 2.05) is 79.7 Å². The van der Waals surface area contributed by atoms with Crippen LogP contribution in [0.2, 0.25) is 5.02 Å². The van der Waals surface area contributed by atoms with Gasteiger partial charge in [-0.2, -0.15) is 5.26 Å². The third kappa shape index (κ3) is 5.37. The predicted molar refractivity (Wildman–Crippen MR) is 177 cm³/mol. The molecule has 0 saturated carbocycles. The molecule has 7 rings (SSSR count). The number of hydrogen-bond acceptors (Lipinski definition) is 6. The molecule has 222 valence electrons. The zero-order chi connectivity index (χ0) is 30.9. The summed E-state index contributed by atoms with van der Waals surface area (Å²) in [6, 6.07) is 31.0. The molecule has 45 heavy (non-hydrogen) atoms. The Labute approximate surface area is 269 Å². The van der Waals surface area contributed by atoms with Crippen molar-refractivity contribution in [3.05, 3.63) is 155 Å². The van der Waals surface area contributed by atoms with E-state index in [0.29, 0.717) is 38.0 Å². The first-order valence-corrected chi connectivity index (χ1v) is 16.0. The third-order valence-corrected chi connectivity index (χ3v) is 9.49. The lowest BCUT2D eigenvalue weighted by atomic mass is 9.83. The Morgan fingerprint density at radius 2 is 1.80 bits per heavy atom. The van der Waals surface area contributed by atoms with E-state index in [4.69, 9.17) is 26.1 Å². The van der Waals surface area contributed by atoms with Crippen molar-refractivity contribution in [3.8, 4) is 17.6 Å². The maximum atomic E-state index is 14.2. The van der Waals surface area contributed by atoms with Crippen LogP contribution in [0.3, 0.4) is 0 Å². The minimum absolute atomic E-state index is 0.111. The first kappa shape index (κ1) is 28.8. The van der Waals surface area contributed by atoms with Gasteiger partial charge in [-0.1, -0.05) is 89.7 Å². The highest BCUT2D eigenvalue weighted by Gasteiger charge is 2.33. The van der Waals surface area contributed by atoms with Crippen LogP contribution in [-0.2, 0) is 13.0 Å². The van der Waals surface area contributed by atoms with Crippen LogP contribution in [0.15, 0.2) is 106 Å². The minimum Gasteiger partial charge on any atom is -0.490 e. The standard InChI is InChI=1S/C37H28ClN3O3S/c1-2-43-32-19-23(15-18-31(32)44-22-26-11-4-3-10-25(26)21-39)20-33-36(42)41-35(28-13-7-8-14-30(28)38)29-17-16-24-9-5-6-12-27(24)34(29)40-37(41)45-33/h3-15,18-20,35H,2,16-17,22H2,1H3/b33-20-/t35-/m0/s1. The number of nitrogens with zero attached hydrogens (tertiary/aromatic N) is 3. The summed E-state index contributed by atoms with van der Waals surface area (Å²) < 4.78 is 14.4. The molecule has 1 atom stereocenters. The normalized spacial score (nSPS) is 15.4. The number of aryl methyl sites for hydroxylation is 1. The molecule has 0 radical (unpaired) electrons. The molecule has 0 N–H and O–H groups in total. The second-order valence-corrected chi connectivity index (χ2v) is 12.2. The van der Waals surface area contributed by atoms with E-state index in [0.717, 1.165) is 46.4 Å². The lowest BCUT2D eigenvalue weighted by Gasteiger charge is -2.31. The quantitative estimate of drug-likeness (QED) is 0.198. The highest BCUT2D eigenvalue weighted by atomic mass is 35.5. The molecule has 4 aromatic carbocycles. The summed E-state index contributed by atoms with van der Waals surface area (Å²) in [5.74, 6) is 1.13. The van der Waals surface area contributed by atoms with Crippen LogP contribution >= 0.6 is 22.9 Å². The summed E-state index contributed by atoms with van der Waals surface area (Å²) >= 11 is 8.15. The highest BCUT2D eigenvalue weighted by Crippen LogP contribution is 2.42. The van der Waals surface area contributed by atoms with Crippen molar-refractivity contribution in [2.75, 3.05) is 6.61 Å². The molecule has 0 unspecified atom stereocenters. The molecule has 0 fully saturated rings. The van der Waals surface area contributed by atoms with Crippen molar-refractivity contribution >= 4 is 34.7 Å². The summed E-state index contributed by atoms with van der Waals surface area (Å²) in [6.45, 7) is 2.59. The summed E-state index contributed by atoms with van der Waals surface area (Å²) in [6.07, 6.45) is 3.56. The van der Waals surface area contributed by atoms with Crippen molar-refractivity contribution < 1.29 is 9.47 Å². The van der Waals surface area contributed by atoms with E-state index in [-0.39, 0.29) is 18.2 Å². The van der Waals surface area contributed by atoms with Gasteiger partial charge in [-0.15, -0.1) is 0 Å². The molecule has 6 nitrogen and oxygen atoms in total. The fourth-order valence-electron chi connectivity index (χ4n) is 6.06. The van der Waals surface area contributed by atoms with Crippen molar-refractivity contribution in [2.45, 2.75) is 32.4 Å². The molecule has 0 spiro atoms. The van der Waals surface area contributed by atoms with Crippen molar-refractivity contribution in [1.82, 2.24) is 4.57 Å². The van der Waals surface area contributed by atoms with Crippen molar-refractivity contribution in [1.29, 1.82) is 5.26 Å². The van der Waals surface area contributed by atoms with Gasteiger partial charge in [-0.25, -0.2) is 4.99 Å². The fourth-order valence-corrected chi connectivity index (χ4v) is 7.30. The molecular formula is C37H28ClN3O3S. The number of hydrogen-bond donors (Lipinski definition) is 0. The summed E-state index contributed by atoms with van der Waals surface area (Å²) in [7, 11) is 0. The summed E-state index contributed by atoms with van der Waals surface area (Å²) in [5, 5.41) is 10.1. The topological polar surface area (TPSA) is 76.6 Å². The highest BCUT2D eigenvalue weighted by molar-refractivity contribution is 7.07. The average Bonchev–Trinajstić information content (AvgIpc) is 3.37. The van der Waals surface area contributed by atoms with Gasteiger partial charge in [-0.3, -0.25) is 9.36 Å². The monoisotopic (exact) mass is 629 g/mol. The minimum atomic E-state index is -0.341. The number of aromatic nitrogens is 1. The van der Waals surface area contributed by atoms with Crippen LogP contribution in [0, 0.1) is 11.3 Å².